The molecule has 0 bridgehead atoms. The van der Waals surface area contributed by atoms with Gasteiger partial charge in [-0.1, -0.05) is 13.8 Å². The Hall–Kier alpha value is -1.18. The van der Waals surface area contributed by atoms with Crippen LogP contribution in [0.15, 0.2) is 0 Å². The fourth-order valence-corrected chi connectivity index (χ4v) is 2.83. The molecule has 23 heavy (non-hydrogen) atoms. The molecule has 136 valence electrons. The number of carboxylic acids is 1. The average Bonchev–Trinajstić information content (AvgIpc) is 2.47. The molecular weight excluding hydrogens is 296 g/mol. The normalized spacial score (nSPS) is 14.2. The lowest BCUT2D eigenvalue weighted by atomic mass is 9.89. The van der Waals surface area contributed by atoms with E-state index in [2.05, 4.69) is 10.2 Å². The first-order valence-electron chi connectivity index (χ1n) is 8.42. The fourth-order valence-electron chi connectivity index (χ4n) is 2.83. The van der Waals surface area contributed by atoms with Gasteiger partial charge in [0.25, 0.3) is 0 Å². The van der Waals surface area contributed by atoms with Crippen LogP contribution in [0.3, 0.4) is 0 Å². The number of carboxylic acid groups (broad SMARTS) is 1. The van der Waals surface area contributed by atoms with E-state index < -0.39 is 17.4 Å². The lowest BCUT2D eigenvalue weighted by molar-refractivity contribution is -0.154. The topological polar surface area (TPSA) is 98.9 Å². The van der Waals surface area contributed by atoms with Crippen LogP contribution in [-0.4, -0.2) is 79.1 Å². The van der Waals surface area contributed by atoms with Crippen LogP contribution < -0.4 is 11.1 Å². The van der Waals surface area contributed by atoms with Gasteiger partial charge in [0.05, 0.1) is 6.42 Å². The lowest BCUT2D eigenvalue weighted by Crippen LogP contribution is -2.56. The molecule has 0 heterocycles. The van der Waals surface area contributed by atoms with Gasteiger partial charge in [-0.15, -0.1) is 0 Å². The largest absolute Gasteiger partial charge is 0.480 e. The molecular formula is C16H34N4O3. The number of carbonyl (C=O) groups excluding carboxylic acids is 1. The van der Waals surface area contributed by atoms with Crippen LogP contribution in [0.1, 0.15) is 39.5 Å². The Morgan fingerprint density at radius 1 is 1.13 bits per heavy atom. The summed E-state index contributed by atoms with van der Waals surface area (Å²) < 4.78 is 0. The van der Waals surface area contributed by atoms with E-state index in [0.29, 0.717) is 19.5 Å². The quantitative estimate of drug-likeness (QED) is 0.398. The van der Waals surface area contributed by atoms with Gasteiger partial charge in [0, 0.05) is 6.54 Å². The van der Waals surface area contributed by atoms with E-state index in [9.17, 15) is 14.7 Å². The number of aliphatic carboxylic acids is 1. The van der Waals surface area contributed by atoms with Crippen LogP contribution in [0.5, 0.6) is 0 Å². The molecule has 1 amide bonds. The van der Waals surface area contributed by atoms with Crippen molar-refractivity contribution in [3.8, 4) is 0 Å². The van der Waals surface area contributed by atoms with Crippen LogP contribution in [0.25, 0.3) is 0 Å². The number of primary amides is 1. The van der Waals surface area contributed by atoms with Crippen molar-refractivity contribution in [3.05, 3.63) is 0 Å². The number of hydrogen-bond donors (Lipinski definition) is 3. The highest BCUT2D eigenvalue weighted by Gasteiger charge is 2.43. The zero-order chi connectivity index (χ0) is 17.9. The number of nitrogens with two attached hydrogens (primary N) is 1. The van der Waals surface area contributed by atoms with Gasteiger partial charge in [-0.25, -0.2) is 0 Å². The van der Waals surface area contributed by atoms with E-state index in [-0.39, 0.29) is 6.42 Å². The van der Waals surface area contributed by atoms with Crippen molar-refractivity contribution in [2.75, 3.05) is 46.8 Å². The third-order valence-electron chi connectivity index (χ3n) is 4.18. The lowest BCUT2D eigenvalue weighted by Gasteiger charge is -2.39. The van der Waals surface area contributed by atoms with E-state index in [1.807, 2.05) is 25.9 Å². The SMILES string of the molecule is CCN(CCCNCCCN(C)C)[C@@](CC)(CC(N)=O)C(=O)O. The number of hydrogen-bond acceptors (Lipinski definition) is 5. The van der Waals surface area contributed by atoms with E-state index in [4.69, 9.17) is 5.73 Å². The molecule has 7 heteroatoms. The second-order valence-corrected chi connectivity index (χ2v) is 6.17. The summed E-state index contributed by atoms with van der Waals surface area (Å²) in [6.45, 7) is 7.74. The number of nitrogens with one attached hydrogen (secondary N) is 1. The highest BCUT2D eigenvalue weighted by atomic mass is 16.4. The molecule has 0 rings (SSSR count). The third kappa shape index (κ3) is 7.76. The summed E-state index contributed by atoms with van der Waals surface area (Å²) in [5.74, 6) is -1.55. The predicted octanol–water partition coefficient (Wildman–Crippen LogP) is 0.349. The minimum Gasteiger partial charge on any atom is -0.480 e. The summed E-state index contributed by atoms with van der Waals surface area (Å²) in [7, 11) is 4.10. The van der Waals surface area contributed by atoms with Crippen molar-refractivity contribution >= 4 is 11.9 Å². The molecule has 0 aliphatic heterocycles. The predicted molar refractivity (Wildman–Crippen MR) is 92.4 cm³/mol. The van der Waals surface area contributed by atoms with E-state index in [0.717, 1.165) is 32.5 Å². The Morgan fingerprint density at radius 2 is 1.70 bits per heavy atom. The maximum absolute atomic E-state index is 11.8. The second-order valence-electron chi connectivity index (χ2n) is 6.17. The number of carbonyl (C=O) groups is 2. The van der Waals surface area contributed by atoms with Crippen LogP contribution >= 0.6 is 0 Å². The van der Waals surface area contributed by atoms with E-state index in [1.165, 1.54) is 0 Å². The van der Waals surface area contributed by atoms with Gasteiger partial charge < -0.3 is 21.1 Å². The molecule has 0 aliphatic carbocycles. The van der Waals surface area contributed by atoms with Gasteiger partial charge in [-0.05, 0) is 59.5 Å². The fraction of sp³-hybridized carbons (Fsp3) is 0.875. The zero-order valence-electron chi connectivity index (χ0n) is 15.1. The highest BCUT2D eigenvalue weighted by molar-refractivity contribution is 5.87. The number of nitrogens with zero attached hydrogens (tertiary/aromatic N) is 2. The minimum atomic E-state index is -1.19. The smallest absolute Gasteiger partial charge is 0.324 e. The molecule has 1 atom stereocenters. The molecule has 0 fully saturated rings. The summed E-state index contributed by atoms with van der Waals surface area (Å²) in [5, 5.41) is 13.0. The van der Waals surface area contributed by atoms with E-state index >= 15 is 0 Å². The standard InChI is InChI=1S/C16H34N4O3/c1-5-16(15(22)23,13-14(17)21)20(6-2)12-8-10-18-9-7-11-19(3)4/h18H,5-13H2,1-4H3,(H2,17,21)(H,22,23)/t16-/m0/s1. The second kappa shape index (κ2) is 11.4. The Bertz CT molecular complexity index is 363. The van der Waals surface area contributed by atoms with Crippen molar-refractivity contribution in [2.24, 2.45) is 5.73 Å². The molecule has 0 saturated heterocycles. The maximum Gasteiger partial charge on any atom is 0.324 e. The Morgan fingerprint density at radius 3 is 2.09 bits per heavy atom. The van der Waals surface area contributed by atoms with Gasteiger partial charge in [0.2, 0.25) is 5.91 Å². The van der Waals surface area contributed by atoms with Crippen molar-refractivity contribution < 1.29 is 14.7 Å². The molecule has 4 N–H and O–H groups in total. The molecule has 0 spiro atoms. The average molecular weight is 330 g/mol. The molecule has 0 aromatic heterocycles. The van der Waals surface area contributed by atoms with Crippen LogP contribution in [-0.2, 0) is 9.59 Å². The minimum absolute atomic E-state index is 0.150. The Labute approximate surface area is 140 Å². The van der Waals surface area contributed by atoms with Gasteiger partial charge in [0.15, 0.2) is 0 Å². The summed E-state index contributed by atoms with van der Waals surface area (Å²) in [6.07, 6.45) is 2.13. The molecule has 0 saturated carbocycles. The zero-order valence-corrected chi connectivity index (χ0v) is 15.1. The summed E-state index contributed by atoms with van der Waals surface area (Å²) in [6, 6.07) is 0. The van der Waals surface area contributed by atoms with Gasteiger partial charge in [-0.2, -0.15) is 0 Å². The highest BCUT2D eigenvalue weighted by Crippen LogP contribution is 2.24. The number of likely N-dealkylation sites (N-methyl/N-ethyl adjacent to an activating group) is 1. The van der Waals surface area contributed by atoms with Crippen LogP contribution in [0, 0.1) is 0 Å². The molecule has 0 radical (unpaired) electrons. The van der Waals surface area contributed by atoms with Gasteiger partial charge >= 0.3 is 5.97 Å². The van der Waals surface area contributed by atoms with Crippen LogP contribution in [0.2, 0.25) is 0 Å². The third-order valence-corrected chi connectivity index (χ3v) is 4.18. The first-order valence-corrected chi connectivity index (χ1v) is 8.42. The van der Waals surface area contributed by atoms with Crippen molar-refractivity contribution in [1.82, 2.24) is 15.1 Å². The summed E-state index contributed by atoms with van der Waals surface area (Å²) >= 11 is 0. The molecule has 0 aliphatic rings. The van der Waals surface area contributed by atoms with Crippen molar-refractivity contribution in [2.45, 2.75) is 45.1 Å². The first kappa shape index (κ1) is 21.8. The van der Waals surface area contributed by atoms with Crippen molar-refractivity contribution in [3.63, 3.8) is 0 Å². The van der Waals surface area contributed by atoms with Crippen LogP contribution in [0.4, 0.5) is 0 Å². The number of amides is 1. The molecule has 0 aromatic carbocycles. The summed E-state index contributed by atoms with van der Waals surface area (Å²) in [4.78, 5) is 27.1. The molecule has 7 nitrogen and oxygen atoms in total. The Kier molecular flexibility index (Phi) is 10.8. The molecule has 0 unspecified atom stereocenters. The molecule has 0 aromatic rings. The van der Waals surface area contributed by atoms with Crippen molar-refractivity contribution in [1.29, 1.82) is 0 Å². The summed E-state index contributed by atoms with van der Waals surface area (Å²) in [5.41, 5.74) is 4.08. The maximum atomic E-state index is 11.8. The number of rotatable bonds is 14. The van der Waals surface area contributed by atoms with Gasteiger partial charge in [0.1, 0.15) is 5.54 Å². The monoisotopic (exact) mass is 330 g/mol. The van der Waals surface area contributed by atoms with E-state index in [1.54, 1.807) is 6.92 Å². The Balaban J connectivity index is 4.42. The first-order chi connectivity index (χ1) is 10.8. The van der Waals surface area contributed by atoms with Gasteiger partial charge in [-0.3, -0.25) is 14.5 Å².